The molecule has 0 unspecified atom stereocenters. The quantitative estimate of drug-likeness (QED) is 0.671. The van der Waals surface area contributed by atoms with E-state index in [0.717, 1.165) is 5.71 Å². The van der Waals surface area contributed by atoms with E-state index in [9.17, 15) is 0 Å². The highest BCUT2D eigenvalue weighted by Crippen LogP contribution is 2.20. The Labute approximate surface area is 129 Å². The molecule has 0 atom stereocenters. The van der Waals surface area contributed by atoms with Gasteiger partial charge in [0.1, 0.15) is 17.2 Å². The minimum Gasteiger partial charge on any atom is -0.463 e. The Morgan fingerprint density at radius 2 is 1.95 bits per heavy atom. The Morgan fingerprint density at radius 3 is 2.50 bits per heavy atom. The Kier molecular flexibility index (Phi) is 4.86. The summed E-state index contributed by atoms with van der Waals surface area (Å²) >= 11 is 0. The van der Waals surface area contributed by atoms with Crippen molar-refractivity contribution in [3.63, 3.8) is 0 Å². The maximum atomic E-state index is 8.07. The molecule has 0 radical (unpaired) electrons. The number of nitrogens with zero attached hydrogens (tertiary/aromatic N) is 4. The van der Waals surface area contributed by atoms with Crippen LogP contribution in [0.4, 0.5) is 5.69 Å². The molecule has 0 aromatic heterocycles. The van der Waals surface area contributed by atoms with Crippen LogP contribution in [0, 0.1) is 5.41 Å². The SMILES string of the molecule is CN(C)CC1=NN(C)C(=N)C1=Nc1ccc(OC(N)N)cc1. The minimum absolute atomic E-state index is 0.279. The summed E-state index contributed by atoms with van der Waals surface area (Å²) in [5, 5.41) is 13.9. The van der Waals surface area contributed by atoms with Crippen molar-refractivity contribution in [3.05, 3.63) is 24.3 Å². The van der Waals surface area contributed by atoms with E-state index in [1.165, 1.54) is 5.01 Å². The van der Waals surface area contributed by atoms with E-state index < -0.39 is 6.35 Å². The van der Waals surface area contributed by atoms with Crippen LogP contribution in [0.2, 0.25) is 0 Å². The molecule has 1 aliphatic rings. The van der Waals surface area contributed by atoms with E-state index in [1.807, 2.05) is 19.0 Å². The smallest absolute Gasteiger partial charge is 0.201 e. The molecule has 0 spiro atoms. The van der Waals surface area contributed by atoms with Gasteiger partial charge in [-0.15, -0.1) is 0 Å². The Balaban J connectivity index is 2.23. The third-order valence-corrected chi connectivity index (χ3v) is 2.91. The van der Waals surface area contributed by atoms with Gasteiger partial charge in [-0.25, -0.2) is 10.0 Å². The van der Waals surface area contributed by atoms with Gasteiger partial charge in [0.05, 0.1) is 5.69 Å². The summed E-state index contributed by atoms with van der Waals surface area (Å²) in [5.41, 5.74) is 12.8. The molecule has 2 rings (SSSR count). The van der Waals surface area contributed by atoms with Gasteiger partial charge in [-0.3, -0.25) is 16.9 Å². The van der Waals surface area contributed by atoms with Crippen molar-refractivity contribution >= 4 is 22.9 Å². The van der Waals surface area contributed by atoms with Crippen molar-refractivity contribution in [1.29, 1.82) is 5.41 Å². The number of hydrogen-bond donors (Lipinski definition) is 3. The Morgan fingerprint density at radius 1 is 1.32 bits per heavy atom. The maximum absolute atomic E-state index is 8.07. The first-order valence-corrected chi connectivity index (χ1v) is 6.78. The molecule has 1 aromatic rings. The van der Waals surface area contributed by atoms with Crippen LogP contribution in [-0.4, -0.2) is 61.2 Å². The van der Waals surface area contributed by atoms with Crippen LogP contribution in [0.15, 0.2) is 34.4 Å². The summed E-state index contributed by atoms with van der Waals surface area (Å²) in [5.74, 6) is 0.848. The number of rotatable bonds is 5. The van der Waals surface area contributed by atoms with Crippen molar-refractivity contribution < 1.29 is 4.74 Å². The molecule has 8 heteroatoms. The highest BCUT2D eigenvalue weighted by atomic mass is 16.5. The van der Waals surface area contributed by atoms with Gasteiger partial charge in [0.25, 0.3) is 0 Å². The molecule has 1 heterocycles. The molecule has 5 N–H and O–H groups in total. The van der Waals surface area contributed by atoms with E-state index in [-0.39, 0.29) is 5.84 Å². The number of nitrogens with one attached hydrogen (secondary N) is 1. The first-order chi connectivity index (χ1) is 10.4. The molecule has 1 aliphatic heterocycles. The lowest BCUT2D eigenvalue weighted by Crippen LogP contribution is -2.36. The maximum Gasteiger partial charge on any atom is 0.201 e. The zero-order valence-corrected chi connectivity index (χ0v) is 12.9. The number of nitrogens with two attached hydrogens (primary N) is 2. The fraction of sp³-hybridized carbons (Fsp3) is 0.357. The summed E-state index contributed by atoms with van der Waals surface area (Å²) in [6, 6.07) is 7.03. The standard InChI is InChI=1S/C14H21N7O/c1-20(2)8-11-12(13(15)21(3)19-11)18-9-4-6-10(7-5-9)22-14(16)17/h4-7,14-15H,8,16-17H2,1-3H3. The second kappa shape index (κ2) is 6.65. The van der Waals surface area contributed by atoms with Gasteiger partial charge in [0, 0.05) is 13.6 Å². The van der Waals surface area contributed by atoms with Gasteiger partial charge in [0.15, 0.2) is 5.84 Å². The van der Waals surface area contributed by atoms with Gasteiger partial charge in [0.2, 0.25) is 6.35 Å². The van der Waals surface area contributed by atoms with Gasteiger partial charge in [-0.2, -0.15) is 5.10 Å². The molecule has 0 bridgehead atoms. The summed E-state index contributed by atoms with van der Waals surface area (Å²) in [4.78, 5) is 6.51. The number of benzene rings is 1. The monoisotopic (exact) mass is 303 g/mol. The van der Waals surface area contributed by atoms with E-state index >= 15 is 0 Å². The number of amidine groups is 1. The Bertz CT molecular complexity index is 604. The second-order valence-electron chi connectivity index (χ2n) is 5.19. The Hall–Kier alpha value is -2.29. The average molecular weight is 303 g/mol. The third kappa shape index (κ3) is 3.88. The number of hydrogen-bond acceptors (Lipinski definition) is 7. The van der Waals surface area contributed by atoms with Crippen LogP contribution in [0.1, 0.15) is 0 Å². The van der Waals surface area contributed by atoms with Crippen LogP contribution in [0.25, 0.3) is 0 Å². The largest absolute Gasteiger partial charge is 0.463 e. The molecule has 0 amide bonds. The molecule has 0 saturated heterocycles. The molecular weight excluding hydrogens is 282 g/mol. The molecule has 118 valence electrons. The molecule has 8 nitrogen and oxygen atoms in total. The molecular formula is C14H21N7O. The van der Waals surface area contributed by atoms with E-state index in [4.69, 9.17) is 21.6 Å². The molecule has 22 heavy (non-hydrogen) atoms. The van der Waals surface area contributed by atoms with Crippen molar-refractivity contribution in [2.75, 3.05) is 27.7 Å². The minimum atomic E-state index is -0.854. The predicted molar refractivity (Wildman–Crippen MR) is 87.8 cm³/mol. The van der Waals surface area contributed by atoms with Crippen molar-refractivity contribution in [2.24, 2.45) is 21.6 Å². The second-order valence-corrected chi connectivity index (χ2v) is 5.19. The van der Waals surface area contributed by atoms with E-state index in [2.05, 4.69) is 10.1 Å². The fourth-order valence-corrected chi connectivity index (χ4v) is 1.98. The first kappa shape index (κ1) is 16.1. The lowest BCUT2D eigenvalue weighted by Gasteiger charge is -2.10. The zero-order chi connectivity index (χ0) is 16.3. The van der Waals surface area contributed by atoms with Crippen molar-refractivity contribution in [2.45, 2.75) is 6.35 Å². The lowest BCUT2D eigenvalue weighted by atomic mass is 10.2. The fourth-order valence-electron chi connectivity index (χ4n) is 1.98. The van der Waals surface area contributed by atoms with Crippen LogP contribution >= 0.6 is 0 Å². The van der Waals surface area contributed by atoms with Gasteiger partial charge in [-0.1, -0.05) is 0 Å². The summed E-state index contributed by atoms with van der Waals surface area (Å²) in [6.07, 6.45) is -0.854. The van der Waals surface area contributed by atoms with Crippen molar-refractivity contribution in [3.8, 4) is 5.75 Å². The third-order valence-electron chi connectivity index (χ3n) is 2.91. The molecule has 0 fully saturated rings. The van der Waals surface area contributed by atoms with Gasteiger partial charge < -0.3 is 9.64 Å². The van der Waals surface area contributed by atoms with E-state index in [1.54, 1.807) is 31.3 Å². The summed E-state index contributed by atoms with van der Waals surface area (Å²) in [7, 11) is 5.63. The lowest BCUT2D eigenvalue weighted by molar-refractivity contribution is 0.217. The van der Waals surface area contributed by atoms with E-state index in [0.29, 0.717) is 23.7 Å². The number of ether oxygens (including phenoxy) is 1. The topological polar surface area (TPSA) is 116 Å². The summed E-state index contributed by atoms with van der Waals surface area (Å²) in [6.45, 7) is 0.620. The van der Waals surface area contributed by atoms with Crippen LogP contribution in [-0.2, 0) is 0 Å². The number of aliphatic imine (C=N–C) groups is 1. The molecule has 0 aliphatic carbocycles. The van der Waals surface area contributed by atoms with Gasteiger partial charge >= 0.3 is 0 Å². The first-order valence-electron chi connectivity index (χ1n) is 6.78. The highest BCUT2D eigenvalue weighted by molar-refractivity contribution is 6.70. The highest BCUT2D eigenvalue weighted by Gasteiger charge is 2.26. The van der Waals surface area contributed by atoms with Crippen LogP contribution < -0.4 is 16.2 Å². The molecule has 1 aromatic carbocycles. The average Bonchev–Trinajstić information content (AvgIpc) is 2.67. The zero-order valence-electron chi connectivity index (χ0n) is 12.9. The van der Waals surface area contributed by atoms with Gasteiger partial charge in [-0.05, 0) is 38.4 Å². The van der Waals surface area contributed by atoms with Crippen molar-refractivity contribution in [1.82, 2.24) is 9.91 Å². The van der Waals surface area contributed by atoms with Crippen LogP contribution in [0.3, 0.4) is 0 Å². The predicted octanol–water partition coefficient (Wildman–Crippen LogP) is 0.179. The summed E-state index contributed by atoms with van der Waals surface area (Å²) < 4.78 is 5.18. The molecule has 0 saturated carbocycles. The normalized spacial score (nSPS) is 16.9. The van der Waals surface area contributed by atoms with Crippen LogP contribution in [0.5, 0.6) is 5.75 Å². The number of hydrazone groups is 1.